The van der Waals surface area contributed by atoms with Gasteiger partial charge in [0.1, 0.15) is 24.7 Å². The average molecular weight is 528 g/mol. The van der Waals surface area contributed by atoms with Crippen molar-refractivity contribution in [2.75, 3.05) is 13.2 Å². The average Bonchev–Trinajstić information content (AvgIpc) is 2.91. The van der Waals surface area contributed by atoms with Crippen LogP contribution < -0.4 is 4.74 Å². The summed E-state index contributed by atoms with van der Waals surface area (Å²) in [5.41, 5.74) is 4.97. The fourth-order valence-corrected chi connectivity index (χ4v) is 5.56. The molecule has 0 radical (unpaired) electrons. The van der Waals surface area contributed by atoms with Gasteiger partial charge < -0.3 is 9.47 Å². The van der Waals surface area contributed by atoms with Crippen molar-refractivity contribution < 1.29 is 19.1 Å². The summed E-state index contributed by atoms with van der Waals surface area (Å²) in [6, 6.07) is 25.1. The molecular weight excluding hydrogens is 498 g/mol. The van der Waals surface area contributed by atoms with E-state index in [-0.39, 0.29) is 24.9 Å². The van der Waals surface area contributed by atoms with Crippen LogP contribution in [0.5, 0.6) is 5.75 Å². The number of carbonyl (C=O) groups is 2. The Bertz CT molecular complexity index is 1380. The van der Waals surface area contributed by atoms with Gasteiger partial charge in [0.05, 0.1) is 11.5 Å². The van der Waals surface area contributed by atoms with Crippen LogP contribution in [0.3, 0.4) is 0 Å². The highest BCUT2D eigenvalue weighted by Crippen LogP contribution is 2.46. The second-order valence-electron chi connectivity index (χ2n) is 9.89. The zero-order valence-corrected chi connectivity index (χ0v) is 22.3. The molecule has 0 saturated heterocycles. The van der Waals surface area contributed by atoms with E-state index in [1.165, 1.54) is 0 Å². The Hall–Kier alpha value is -3.70. The van der Waals surface area contributed by atoms with E-state index in [0.29, 0.717) is 34.9 Å². The Morgan fingerprint density at radius 1 is 0.868 bits per heavy atom. The number of ether oxygens (including phenoxy) is 2. The molecule has 1 fully saturated rings. The quantitative estimate of drug-likeness (QED) is 0.249. The number of hydrogen-bond donors (Lipinski definition) is 0. The van der Waals surface area contributed by atoms with E-state index < -0.39 is 17.8 Å². The Morgan fingerprint density at radius 2 is 1.55 bits per heavy atom. The van der Waals surface area contributed by atoms with Gasteiger partial charge in [-0.1, -0.05) is 71.8 Å². The van der Waals surface area contributed by atoms with Crippen molar-refractivity contribution in [2.24, 2.45) is 10.9 Å². The third-order valence-corrected chi connectivity index (χ3v) is 7.53. The van der Waals surface area contributed by atoms with E-state index in [2.05, 4.69) is 0 Å². The molecule has 6 heteroatoms. The smallest absolute Gasteiger partial charge is 0.336 e. The van der Waals surface area contributed by atoms with Gasteiger partial charge in [0.25, 0.3) is 0 Å². The zero-order chi connectivity index (χ0) is 26.6. The molecule has 0 N–H and O–H groups in total. The van der Waals surface area contributed by atoms with Gasteiger partial charge in [0, 0.05) is 28.8 Å². The van der Waals surface area contributed by atoms with E-state index in [9.17, 15) is 9.59 Å². The highest BCUT2D eigenvalue weighted by molar-refractivity contribution is 6.30. The number of para-hydroxylation sites is 1. The molecule has 2 aliphatic rings. The van der Waals surface area contributed by atoms with E-state index in [1.54, 1.807) is 0 Å². The lowest BCUT2D eigenvalue weighted by Crippen LogP contribution is -2.41. The van der Waals surface area contributed by atoms with Crippen molar-refractivity contribution in [1.29, 1.82) is 0 Å². The second kappa shape index (κ2) is 11.4. The van der Waals surface area contributed by atoms with Crippen molar-refractivity contribution in [1.82, 2.24) is 0 Å². The van der Waals surface area contributed by atoms with E-state index in [0.717, 1.165) is 22.4 Å². The van der Waals surface area contributed by atoms with Crippen LogP contribution in [-0.2, 0) is 14.3 Å². The van der Waals surface area contributed by atoms with Crippen LogP contribution in [0.15, 0.2) is 95.1 Å². The first kappa shape index (κ1) is 25.9. The Labute approximate surface area is 228 Å². The molecule has 1 unspecified atom stereocenters. The van der Waals surface area contributed by atoms with Crippen LogP contribution in [0.25, 0.3) is 0 Å². The molecule has 1 saturated carbocycles. The molecule has 1 heterocycles. The van der Waals surface area contributed by atoms with Gasteiger partial charge in [-0.3, -0.25) is 9.79 Å². The lowest BCUT2D eigenvalue weighted by Gasteiger charge is -2.38. The number of benzene rings is 3. The monoisotopic (exact) mass is 527 g/mol. The number of rotatable bonds is 7. The van der Waals surface area contributed by atoms with Crippen molar-refractivity contribution in [3.8, 4) is 5.75 Å². The second-order valence-corrected chi connectivity index (χ2v) is 10.3. The number of esters is 1. The summed E-state index contributed by atoms with van der Waals surface area (Å²) in [6.45, 7) is 4.18. The van der Waals surface area contributed by atoms with Gasteiger partial charge >= 0.3 is 5.97 Å². The molecule has 0 aromatic heterocycles. The molecule has 3 aromatic carbocycles. The number of allylic oxidation sites excluding steroid dienone is 1. The zero-order valence-electron chi connectivity index (χ0n) is 21.5. The molecule has 5 rings (SSSR count). The van der Waals surface area contributed by atoms with Gasteiger partial charge in [0.2, 0.25) is 0 Å². The maximum absolute atomic E-state index is 13.7. The molecule has 1 aliphatic carbocycles. The van der Waals surface area contributed by atoms with Gasteiger partial charge in [-0.2, -0.15) is 0 Å². The Morgan fingerprint density at radius 3 is 2.26 bits per heavy atom. The molecule has 3 atom stereocenters. The standard InChI is InChI=1S/C32H30ClNO4/c1-20-8-10-23(11-9-20)30-29(32(36)38-17-16-37-26-6-4-3-5-7-26)21(2)34-27-18-24(19-28(35)31(27)30)22-12-14-25(33)15-13-22/h3-15,24,30-31H,16-19H2,1-2H3/t24-,30+,31?/m0/s1. The Kier molecular flexibility index (Phi) is 7.75. The molecule has 0 spiro atoms. The predicted molar refractivity (Wildman–Crippen MR) is 149 cm³/mol. The van der Waals surface area contributed by atoms with E-state index in [1.807, 2.05) is 92.7 Å². The van der Waals surface area contributed by atoms with Crippen LogP contribution >= 0.6 is 11.6 Å². The molecule has 0 amide bonds. The predicted octanol–water partition coefficient (Wildman–Crippen LogP) is 6.85. The first-order valence-corrected chi connectivity index (χ1v) is 13.3. The fourth-order valence-electron chi connectivity index (χ4n) is 5.43. The lowest BCUT2D eigenvalue weighted by atomic mass is 9.66. The van der Waals surface area contributed by atoms with Crippen LogP contribution in [0.2, 0.25) is 5.02 Å². The summed E-state index contributed by atoms with van der Waals surface area (Å²) >= 11 is 6.08. The summed E-state index contributed by atoms with van der Waals surface area (Å²) in [4.78, 5) is 32.0. The largest absolute Gasteiger partial charge is 0.490 e. The minimum absolute atomic E-state index is 0.0323. The van der Waals surface area contributed by atoms with Gasteiger partial charge in [-0.15, -0.1) is 0 Å². The first-order valence-electron chi connectivity index (χ1n) is 12.9. The topological polar surface area (TPSA) is 65.0 Å². The lowest BCUT2D eigenvalue weighted by molar-refractivity contribution is -0.140. The number of ketones is 1. The van der Waals surface area contributed by atoms with Gasteiger partial charge in [-0.25, -0.2) is 4.79 Å². The maximum Gasteiger partial charge on any atom is 0.336 e. The maximum atomic E-state index is 13.7. The van der Waals surface area contributed by atoms with E-state index in [4.69, 9.17) is 26.1 Å². The molecule has 38 heavy (non-hydrogen) atoms. The summed E-state index contributed by atoms with van der Waals surface area (Å²) in [5.74, 6) is -0.556. The van der Waals surface area contributed by atoms with Crippen LogP contribution in [0.1, 0.15) is 48.3 Å². The molecule has 0 bridgehead atoms. The summed E-state index contributed by atoms with van der Waals surface area (Å²) in [6.07, 6.45) is 1.05. The highest BCUT2D eigenvalue weighted by Gasteiger charge is 2.46. The number of Topliss-reactive ketones (excluding diaryl/α,β-unsaturated/α-hetero) is 1. The molecule has 5 nitrogen and oxygen atoms in total. The number of fused-ring (bicyclic) bond motifs is 1. The number of aliphatic imine (C=N–C) groups is 1. The van der Waals surface area contributed by atoms with E-state index >= 15 is 0 Å². The first-order chi connectivity index (χ1) is 18.4. The fraction of sp³-hybridized carbons (Fsp3) is 0.281. The van der Waals surface area contributed by atoms with Crippen LogP contribution in [-0.4, -0.2) is 30.7 Å². The summed E-state index contributed by atoms with van der Waals surface area (Å²) < 4.78 is 11.3. The highest BCUT2D eigenvalue weighted by atomic mass is 35.5. The summed E-state index contributed by atoms with van der Waals surface area (Å²) in [5, 5.41) is 0.666. The van der Waals surface area contributed by atoms with Crippen LogP contribution in [0.4, 0.5) is 0 Å². The third-order valence-electron chi connectivity index (χ3n) is 7.28. The van der Waals surface area contributed by atoms with Crippen molar-refractivity contribution in [3.05, 3.63) is 112 Å². The molecular formula is C32H30ClNO4. The Balaban J connectivity index is 1.42. The number of aryl methyl sites for hydroxylation is 1. The van der Waals surface area contributed by atoms with Crippen molar-refractivity contribution >= 4 is 29.1 Å². The van der Waals surface area contributed by atoms with Crippen molar-refractivity contribution in [3.63, 3.8) is 0 Å². The number of nitrogens with zero attached hydrogens (tertiary/aromatic N) is 1. The SMILES string of the molecule is CC1=C(C(=O)OCCOc2ccccc2)[C@@H](c2ccc(C)cc2)C2C(=O)C[C@@H](c3ccc(Cl)cc3)CC2=N1. The number of halogens is 1. The normalized spacial score (nSPS) is 21.0. The molecule has 1 aliphatic heterocycles. The molecule has 3 aromatic rings. The number of hydrogen-bond acceptors (Lipinski definition) is 5. The van der Waals surface area contributed by atoms with Crippen molar-refractivity contribution in [2.45, 2.75) is 38.5 Å². The number of carbonyl (C=O) groups excluding carboxylic acids is 2. The third kappa shape index (κ3) is 5.58. The van der Waals surface area contributed by atoms with Gasteiger partial charge in [0.15, 0.2) is 0 Å². The minimum Gasteiger partial charge on any atom is -0.490 e. The summed E-state index contributed by atoms with van der Waals surface area (Å²) in [7, 11) is 0. The van der Waals surface area contributed by atoms with Crippen LogP contribution in [0, 0.1) is 12.8 Å². The minimum atomic E-state index is -0.493. The molecule has 194 valence electrons. The van der Waals surface area contributed by atoms with Gasteiger partial charge in [-0.05, 0) is 61.6 Å².